The van der Waals surface area contributed by atoms with E-state index in [1.807, 2.05) is 12.1 Å². The van der Waals surface area contributed by atoms with Crippen molar-refractivity contribution >= 4 is 29.4 Å². The van der Waals surface area contributed by atoms with E-state index in [0.29, 0.717) is 36.6 Å². The zero-order valence-corrected chi connectivity index (χ0v) is 27.7. The molecule has 236 valence electrons. The number of likely N-dealkylation sites (tertiary alicyclic amines) is 1. The number of nitrogens with one attached hydrogen (secondary N) is 1. The van der Waals surface area contributed by atoms with Crippen LogP contribution in [0.1, 0.15) is 77.8 Å². The molecule has 10 heteroatoms. The van der Waals surface area contributed by atoms with Gasteiger partial charge in [-0.05, 0) is 118 Å². The van der Waals surface area contributed by atoms with Crippen molar-refractivity contribution in [1.29, 1.82) is 0 Å². The van der Waals surface area contributed by atoms with Crippen LogP contribution in [0.4, 0.5) is 0 Å². The molecule has 2 aliphatic rings. The number of hydrogen-bond acceptors (Lipinski definition) is 7. The fraction of sp³-hybridized carbons (Fsp3) is 0.606. The summed E-state index contributed by atoms with van der Waals surface area (Å²) in [5, 5.41) is 3.47. The summed E-state index contributed by atoms with van der Waals surface area (Å²) in [6, 6.07) is 9.44. The molecule has 2 fully saturated rings. The van der Waals surface area contributed by atoms with E-state index in [4.69, 9.17) is 20.8 Å². The van der Waals surface area contributed by atoms with Gasteiger partial charge in [0, 0.05) is 34.3 Å². The summed E-state index contributed by atoms with van der Waals surface area (Å²) < 4.78 is 11.1. The Bertz CT molecular complexity index is 1310. The number of amides is 2. The highest BCUT2D eigenvalue weighted by molar-refractivity contribution is 6.30. The van der Waals surface area contributed by atoms with E-state index in [0.717, 1.165) is 12.0 Å². The van der Waals surface area contributed by atoms with Crippen LogP contribution in [-0.2, 0) is 14.3 Å². The Morgan fingerprint density at radius 2 is 1.60 bits per heavy atom. The summed E-state index contributed by atoms with van der Waals surface area (Å²) in [4.78, 5) is 46.7. The molecule has 2 amide bonds. The molecule has 1 saturated carbocycles. The van der Waals surface area contributed by atoms with Crippen molar-refractivity contribution in [3.05, 3.63) is 47.2 Å². The number of nitrogens with zero attached hydrogens (tertiary/aromatic N) is 3. The minimum Gasteiger partial charge on any atom is -0.469 e. The van der Waals surface area contributed by atoms with Gasteiger partial charge >= 0.3 is 5.97 Å². The van der Waals surface area contributed by atoms with Gasteiger partial charge in [-0.15, -0.1) is 0 Å². The second-order valence-electron chi connectivity index (χ2n) is 13.9. The second-order valence-corrected chi connectivity index (χ2v) is 14.3. The zero-order valence-electron chi connectivity index (χ0n) is 27.0. The van der Waals surface area contributed by atoms with Crippen LogP contribution < -0.4 is 5.32 Å². The topological polar surface area (TPSA) is 95.3 Å². The highest BCUT2D eigenvalue weighted by Crippen LogP contribution is 2.46. The van der Waals surface area contributed by atoms with Gasteiger partial charge in [0.05, 0.1) is 18.7 Å². The van der Waals surface area contributed by atoms with E-state index in [2.05, 4.69) is 70.8 Å². The number of furan rings is 1. The first kappa shape index (κ1) is 33.0. The maximum atomic E-state index is 13.7. The molecule has 1 N–H and O–H groups in total. The number of esters is 1. The summed E-state index contributed by atoms with van der Waals surface area (Å²) in [5.74, 6) is -0.804. The minimum atomic E-state index is -0.698. The van der Waals surface area contributed by atoms with Crippen molar-refractivity contribution in [3.63, 3.8) is 0 Å². The molecule has 4 rings (SSSR count). The van der Waals surface area contributed by atoms with Crippen molar-refractivity contribution in [2.45, 2.75) is 96.1 Å². The van der Waals surface area contributed by atoms with Crippen molar-refractivity contribution in [2.75, 3.05) is 27.7 Å². The summed E-state index contributed by atoms with van der Waals surface area (Å²) in [6.07, 6.45) is 2.38. The predicted molar refractivity (Wildman–Crippen MR) is 168 cm³/mol. The van der Waals surface area contributed by atoms with Gasteiger partial charge in [0.1, 0.15) is 11.8 Å². The van der Waals surface area contributed by atoms with E-state index in [-0.39, 0.29) is 34.8 Å². The molecule has 3 atom stereocenters. The zero-order chi connectivity index (χ0) is 31.9. The smallest absolute Gasteiger partial charge is 0.310 e. The third-order valence-corrected chi connectivity index (χ3v) is 9.77. The third kappa shape index (κ3) is 6.64. The Labute approximate surface area is 260 Å². The Kier molecular flexibility index (Phi) is 9.41. The van der Waals surface area contributed by atoms with Crippen LogP contribution in [0.5, 0.6) is 0 Å². The molecule has 0 bridgehead atoms. The Balaban J connectivity index is 1.52. The average Bonchev–Trinajstić information content (AvgIpc) is 3.58. The van der Waals surface area contributed by atoms with Gasteiger partial charge in [0.2, 0.25) is 5.91 Å². The van der Waals surface area contributed by atoms with Crippen LogP contribution in [0.2, 0.25) is 5.02 Å². The Morgan fingerprint density at radius 1 is 1.00 bits per heavy atom. The Hall–Kier alpha value is -2.88. The summed E-state index contributed by atoms with van der Waals surface area (Å²) in [6.45, 7) is 13.5. The van der Waals surface area contributed by atoms with Crippen LogP contribution in [-0.4, -0.2) is 89.1 Å². The standard InChI is InChI=1S/C33H47ClN4O5/c1-31(2,3)36(7)33(37(8)32(4,5)6)18-16-25(23(20-33)30(41)42-9)38-19-17-24(29(38)40)35-28(39)27-15-14-26(43-27)21-10-12-22(34)13-11-21/h10-15,23-25H,16-20H2,1-9H3,(H,35,39). The highest BCUT2D eigenvalue weighted by Gasteiger charge is 2.55. The summed E-state index contributed by atoms with van der Waals surface area (Å²) >= 11 is 5.98. The van der Waals surface area contributed by atoms with Crippen LogP contribution in [0.25, 0.3) is 11.3 Å². The molecular formula is C33H47ClN4O5. The van der Waals surface area contributed by atoms with Crippen LogP contribution in [0, 0.1) is 5.92 Å². The fourth-order valence-corrected chi connectivity index (χ4v) is 6.77. The number of ether oxygens (including phenoxy) is 1. The number of benzene rings is 1. The molecular weight excluding hydrogens is 568 g/mol. The number of carbonyl (C=O) groups is 3. The lowest BCUT2D eigenvalue weighted by molar-refractivity contribution is -0.174. The molecule has 2 aromatic rings. The molecule has 0 radical (unpaired) electrons. The number of rotatable bonds is 7. The molecule has 1 aromatic heterocycles. The first-order valence-electron chi connectivity index (χ1n) is 15.0. The first-order chi connectivity index (χ1) is 20.0. The molecule has 3 unspecified atom stereocenters. The van der Waals surface area contributed by atoms with Crippen LogP contribution in [0.3, 0.4) is 0 Å². The van der Waals surface area contributed by atoms with E-state index in [9.17, 15) is 14.4 Å². The number of methoxy groups -OCH3 is 1. The van der Waals surface area contributed by atoms with Crippen LogP contribution >= 0.6 is 11.6 Å². The van der Waals surface area contributed by atoms with Crippen molar-refractivity contribution in [3.8, 4) is 11.3 Å². The lowest BCUT2D eigenvalue weighted by atomic mass is 9.73. The number of halogens is 1. The average molecular weight is 615 g/mol. The third-order valence-electron chi connectivity index (χ3n) is 9.52. The SMILES string of the molecule is COC(=O)C1CC(N(C)C(C)(C)C)(N(C)C(C)(C)C)CCC1N1CCC(NC(=O)c2ccc(-c3ccc(Cl)cc3)o2)C1=O. The number of hydrogen-bond donors (Lipinski definition) is 1. The van der Waals surface area contributed by atoms with Crippen molar-refractivity contribution in [2.24, 2.45) is 5.92 Å². The molecule has 0 spiro atoms. The largest absolute Gasteiger partial charge is 0.469 e. The first-order valence-corrected chi connectivity index (χ1v) is 15.4. The van der Waals surface area contributed by atoms with Gasteiger partial charge in [-0.2, -0.15) is 0 Å². The molecule has 1 aliphatic carbocycles. The summed E-state index contributed by atoms with van der Waals surface area (Å²) in [7, 11) is 5.65. The van der Waals surface area contributed by atoms with Gasteiger partial charge in [-0.3, -0.25) is 24.2 Å². The van der Waals surface area contributed by atoms with E-state index < -0.39 is 23.5 Å². The Morgan fingerprint density at radius 3 is 2.16 bits per heavy atom. The molecule has 1 aromatic carbocycles. The van der Waals surface area contributed by atoms with Crippen molar-refractivity contribution < 1.29 is 23.5 Å². The summed E-state index contributed by atoms with van der Waals surface area (Å²) in [5.41, 5.74) is 0.0440. The number of carbonyl (C=O) groups excluding carboxylic acids is 3. The van der Waals surface area contributed by atoms with Crippen molar-refractivity contribution in [1.82, 2.24) is 20.0 Å². The molecule has 9 nitrogen and oxygen atoms in total. The van der Waals surface area contributed by atoms with Gasteiger partial charge < -0.3 is 19.4 Å². The maximum Gasteiger partial charge on any atom is 0.310 e. The van der Waals surface area contributed by atoms with Gasteiger partial charge in [-0.1, -0.05) is 11.6 Å². The van der Waals surface area contributed by atoms with Gasteiger partial charge in [-0.25, -0.2) is 0 Å². The molecule has 2 heterocycles. The monoisotopic (exact) mass is 614 g/mol. The van der Waals surface area contributed by atoms with E-state index in [1.165, 1.54) is 7.11 Å². The van der Waals surface area contributed by atoms with Gasteiger partial charge in [0.25, 0.3) is 5.91 Å². The molecule has 1 saturated heterocycles. The maximum absolute atomic E-state index is 13.7. The predicted octanol–water partition coefficient (Wildman–Crippen LogP) is 5.43. The minimum absolute atomic E-state index is 0.126. The van der Waals surface area contributed by atoms with Crippen LogP contribution in [0.15, 0.2) is 40.8 Å². The fourth-order valence-electron chi connectivity index (χ4n) is 6.64. The quantitative estimate of drug-likeness (QED) is 0.328. The lowest BCUT2D eigenvalue weighted by Gasteiger charge is -2.60. The molecule has 1 aliphatic heterocycles. The normalized spacial score (nSPS) is 22.7. The van der Waals surface area contributed by atoms with Gasteiger partial charge in [0.15, 0.2) is 5.76 Å². The lowest BCUT2D eigenvalue weighted by Crippen LogP contribution is -2.70. The second kappa shape index (κ2) is 12.3. The molecule has 43 heavy (non-hydrogen) atoms. The van der Waals surface area contributed by atoms with E-state index in [1.54, 1.807) is 29.2 Å². The highest BCUT2D eigenvalue weighted by atomic mass is 35.5. The van der Waals surface area contributed by atoms with E-state index >= 15 is 0 Å².